The van der Waals surface area contributed by atoms with E-state index in [1.54, 1.807) is 0 Å². The summed E-state index contributed by atoms with van der Waals surface area (Å²) in [4.78, 5) is 26.2. The molecule has 2 amide bonds. The number of nitrogens with zero attached hydrogens (tertiary/aromatic N) is 1. The van der Waals surface area contributed by atoms with Crippen LogP contribution in [-0.2, 0) is 32.2 Å². The van der Waals surface area contributed by atoms with Crippen molar-refractivity contribution in [1.82, 2.24) is 15.5 Å². The van der Waals surface area contributed by atoms with E-state index in [1.165, 1.54) is 84.0 Å². The Hall–Kier alpha value is -3.56. The summed E-state index contributed by atoms with van der Waals surface area (Å²) in [6.07, 6.45) is 18.9. The largest absolute Gasteiger partial charge is 0.392 e. The fourth-order valence-corrected chi connectivity index (χ4v) is 7.68. The molecule has 0 aromatic heterocycles. The highest BCUT2D eigenvalue weighted by molar-refractivity contribution is 5.76. The van der Waals surface area contributed by atoms with Gasteiger partial charge < -0.3 is 30.1 Å². The van der Waals surface area contributed by atoms with E-state index in [9.17, 15) is 14.7 Å². The Morgan fingerprint density at radius 2 is 1.32 bits per heavy atom. The van der Waals surface area contributed by atoms with Gasteiger partial charge in [-0.1, -0.05) is 151 Å². The molecule has 1 heterocycles. The molecule has 3 aromatic carbocycles. The van der Waals surface area contributed by atoms with Crippen LogP contribution in [-0.4, -0.2) is 54.1 Å². The lowest BCUT2D eigenvalue weighted by Crippen LogP contribution is -2.40. The summed E-state index contributed by atoms with van der Waals surface area (Å²) >= 11 is 0. The van der Waals surface area contributed by atoms with Gasteiger partial charge >= 0.3 is 0 Å². The highest BCUT2D eigenvalue weighted by Gasteiger charge is 2.33. The number of benzene rings is 3. The van der Waals surface area contributed by atoms with Gasteiger partial charge in [-0.05, 0) is 72.7 Å². The summed E-state index contributed by atoms with van der Waals surface area (Å²) in [7, 11) is 0. The molecule has 57 heavy (non-hydrogen) atoms. The lowest BCUT2D eigenvalue weighted by Gasteiger charge is -2.38. The monoisotopic (exact) mass is 784 g/mol. The number of ether oxygens (including phenoxy) is 2. The maximum atomic E-state index is 12.5. The van der Waals surface area contributed by atoms with Gasteiger partial charge in [0.05, 0.1) is 18.8 Å². The zero-order valence-electron chi connectivity index (χ0n) is 35.5. The number of aliphatic hydroxyl groups excluding tert-OH is 1. The van der Waals surface area contributed by atoms with E-state index in [4.69, 9.17) is 9.47 Å². The van der Waals surface area contributed by atoms with Gasteiger partial charge in [-0.25, -0.2) is 0 Å². The first-order chi connectivity index (χ1) is 27.9. The third-order valence-corrected chi connectivity index (χ3v) is 11.1. The van der Waals surface area contributed by atoms with Crippen LogP contribution in [0.25, 0.3) is 11.1 Å². The molecule has 1 aliphatic heterocycles. The van der Waals surface area contributed by atoms with E-state index < -0.39 is 6.29 Å². The number of amides is 2. The van der Waals surface area contributed by atoms with Gasteiger partial charge in [0.25, 0.3) is 0 Å². The third-order valence-electron chi connectivity index (χ3n) is 11.1. The summed E-state index contributed by atoms with van der Waals surface area (Å²) in [6.45, 7) is 10.4. The second kappa shape index (κ2) is 27.2. The molecule has 3 atom stereocenters. The van der Waals surface area contributed by atoms with E-state index in [0.717, 1.165) is 78.7 Å². The van der Waals surface area contributed by atoms with Crippen molar-refractivity contribution in [3.63, 3.8) is 0 Å². The van der Waals surface area contributed by atoms with Crippen molar-refractivity contribution >= 4 is 11.8 Å². The summed E-state index contributed by atoms with van der Waals surface area (Å²) in [5.41, 5.74) is 6.26. The van der Waals surface area contributed by atoms with E-state index in [1.807, 2.05) is 24.3 Å². The number of rotatable bonds is 28. The van der Waals surface area contributed by atoms with Crippen LogP contribution < -0.4 is 10.6 Å². The number of hydrogen-bond acceptors (Lipinski definition) is 6. The minimum absolute atomic E-state index is 0.0164. The molecule has 0 saturated carbocycles. The zero-order chi connectivity index (χ0) is 40.5. The molecule has 8 nitrogen and oxygen atoms in total. The Bertz CT molecular complexity index is 1530. The molecule has 314 valence electrons. The Balaban J connectivity index is 1.40. The van der Waals surface area contributed by atoms with Gasteiger partial charge in [0.15, 0.2) is 6.29 Å². The smallest absolute Gasteiger partial charge is 0.220 e. The second-order valence-corrected chi connectivity index (χ2v) is 16.1. The van der Waals surface area contributed by atoms with Crippen LogP contribution >= 0.6 is 0 Å². The minimum Gasteiger partial charge on any atom is -0.392 e. The van der Waals surface area contributed by atoms with E-state index >= 15 is 0 Å². The van der Waals surface area contributed by atoms with Gasteiger partial charge in [-0.3, -0.25) is 9.59 Å². The van der Waals surface area contributed by atoms with Crippen molar-refractivity contribution in [1.29, 1.82) is 0 Å². The first-order valence-electron chi connectivity index (χ1n) is 22.3. The van der Waals surface area contributed by atoms with Crippen molar-refractivity contribution in [2.24, 2.45) is 0 Å². The van der Waals surface area contributed by atoms with E-state index in [-0.39, 0.29) is 30.6 Å². The van der Waals surface area contributed by atoms with Crippen LogP contribution in [0.1, 0.15) is 165 Å². The fraction of sp³-hybridized carbons (Fsp3) is 0.592. The lowest BCUT2D eigenvalue weighted by atomic mass is 9.98. The predicted octanol–water partition coefficient (Wildman–Crippen LogP) is 10.7. The number of aliphatic hydroxyl groups is 1. The summed E-state index contributed by atoms with van der Waals surface area (Å²) in [5, 5.41) is 15.5. The molecule has 1 fully saturated rings. The highest BCUT2D eigenvalue weighted by atomic mass is 16.7. The normalized spacial score (nSPS) is 16.8. The second-order valence-electron chi connectivity index (χ2n) is 16.1. The molecule has 3 unspecified atom stereocenters. The molecular weight excluding hydrogens is 711 g/mol. The Morgan fingerprint density at radius 3 is 1.96 bits per heavy atom. The first-order valence-corrected chi connectivity index (χ1v) is 22.3. The number of nitrogens with one attached hydrogen (secondary N) is 2. The molecule has 0 bridgehead atoms. The van der Waals surface area contributed by atoms with Gasteiger partial charge in [0.2, 0.25) is 11.8 Å². The van der Waals surface area contributed by atoms with Crippen LogP contribution in [0.15, 0.2) is 72.8 Å². The number of unbranched alkanes of at least 4 members (excludes halogenated alkanes) is 12. The summed E-state index contributed by atoms with van der Waals surface area (Å²) in [5.74, 6) is 0.0305. The third kappa shape index (κ3) is 17.9. The molecule has 1 aliphatic rings. The number of hydrogen-bond donors (Lipinski definition) is 3. The predicted molar refractivity (Wildman–Crippen MR) is 232 cm³/mol. The maximum Gasteiger partial charge on any atom is 0.220 e. The van der Waals surface area contributed by atoms with Gasteiger partial charge in [-0.2, -0.15) is 0 Å². The Labute approximate surface area is 344 Å². The van der Waals surface area contributed by atoms with Gasteiger partial charge in [0.1, 0.15) is 0 Å². The van der Waals surface area contributed by atoms with Crippen molar-refractivity contribution in [3.05, 3.63) is 95.1 Å². The van der Waals surface area contributed by atoms with Crippen LogP contribution in [0.2, 0.25) is 0 Å². The van der Waals surface area contributed by atoms with Crippen molar-refractivity contribution in [3.8, 4) is 11.1 Å². The number of carbonyl (C=O) groups is 2. The van der Waals surface area contributed by atoms with Crippen LogP contribution in [0.4, 0.5) is 0 Å². The summed E-state index contributed by atoms with van der Waals surface area (Å²) in [6, 6.07) is 25.0. The summed E-state index contributed by atoms with van der Waals surface area (Å²) < 4.78 is 13.6. The maximum absolute atomic E-state index is 12.5. The minimum atomic E-state index is -0.489. The standard InChI is InChI=1S/C49H73N3O5/c1-4-6-8-10-12-17-32-52(33-18-13-11-9-7-5-2)37-46-35-47(43-25-23-40(38-53)24-26-43)57-49(56-46)44-29-27-42(28-30-44)45-21-19-20-41(34-45)36-51-48(55)22-15-14-16-31-50-39(3)54/h19-21,23-30,34,46-47,49,53H,4-18,22,31-33,35-38H2,1-3H3,(H,50,54)(H,51,55). The molecule has 3 aromatic rings. The average molecular weight is 784 g/mol. The molecule has 0 radical (unpaired) electrons. The number of carbonyl (C=O) groups excluding carboxylic acids is 2. The van der Waals surface area contributed by atoms with Crippen LogP contribution in [0.5, 0.6) is 0 Å². The topological polar surface area (TPSA) is 100 Å². The molecule has 0 spiro atoms. The first kappa shape index (κ1) is 46.1. The Morgan fingerprint density at radius 1 is 0.684 bits per heavy atom. The molecular formula is C49H73N3O5. The fourth-order valence-electron chi connectivity index (χ4n) is 7.68. The van der Waals surface area contributed by atoms with Crippen molar-refractivity contribution in [2.75, 3.05) is 26.2 Å². The van der Waals surface area contributed by atoms with Gasteiger partial charge in [0, 0.05) is 45.0 Å². The molecule has 1 saturated heterocycles. The highest BCUT2D eigenvalue weighted by Crippen LogP contribution is 2.39. The lowest BCUT2D eigenvalue weighted by molar-refractivity contribution is -0.253. The van der Waals surface area contributed by atoms with Crippen molar-refractivity contribution in [2.45, 2.75) is 162 Å². The average Bonchev–Trinajstić information content (AvgIpc) is 3.23. The van der Waals surface area contributed by atoms with Crippen LogP contribution in [0, 0.1) is 0 Å². The van der Waals surface area contributed by atoms with Gasteiger partial charge in [-0.15, -0.1) is 0 Å². The molecule has 0 aliphatic carbocycles. The van der Waals surface area contributed by atoms with Crippen LogP contribution in [0.3, 0.4) is 0 Å². The quantitative estimate of drug-likeness (QED) is 0.0634. The Kier molecular flexibility index (Phi) is 22.0. The van der Waals surface area contributed by atoms with E-state index in [0.29, 0.717) is 19.5 Å². The SMILES string of the molecule is CCCCCCCCN(CCCCCCCC)CC1CC(c2ccc(CO)cc2)OC(c2ccc(-c3cccc(CNC(=O)CCCCCNC(C)=O)c3)cc2)O1. The van der Waals surface area contributed by atoms with Crippen molar-refractivity contribution < 1.29 is 24.2 Å². The molecule has 8 heteroatoms. The van der Waals surface area contributed by atoms with E-state index in [2.05, 4.69) is 77.9 Å². The zero-order valence-corrected chi connectivity index (χ0v) is 35.5. The molecule has 3 N–H and O–H groups in total. The molecule has 4 rings (SSSR count).